The molecule has 0 bridgehead atoms. The maximum absolute atomic E-state index is 9.41. The lowest BCUT2D eigenvalue weighted by molar-refractivity contribution is 0.288. The summed E-state index contributed by atoms with van der Waals surface area (Å²) in [6, 6.07) is 5.24. The van der Waals surface area contributed by atoms with Gasteiger partial charge in [0, 0.05) is 11.5 Å². The molecular formula is C12H10O2. The standard InChI is InChI=1S/C12H10O2/c13-9-4-5-12-11(6-9)10-3-1-2-8(10)7-14-12/h1-6,8,13H,7H2. The first-order valence-electron chi connectivity index (χ1n) is 4.69. The van der Waals surface area contributed by atoms with Crippen LogP contribution in [0.5, 0.6) is 11.5 Å². The van der Waals surface area contributed by atoms with Crippen molar-refractivity contribution >= 4 is 5.57 Å². The van der Waals surface area contributed by atoms with E-state index in [2.05, 4.69) is 12.2 Å². The maximum Gasteiger partial charge on any atom is 0.127 e. The molecule has 1 aliphatic carbocycles. The van der Waals surface area contributed by atoms with E-state index >= 15 is 0 Å². The van der Waals surface area contributed by atoms with E-state index in [-0.39, 0.29) is 0 Å². The normalized spacial score (nSPS) is 22.3. The third kappa shape index (κ3) is 0.970. The Morgan fingerprint density at radius 1 is 1.36 bits per heavy atom. The molecule has 1 unspecified atom stereocenters. The molecule has 0 saturated heterocycles. The molecule has 0 amide bonds. The van der Waals surface area contributed by atoms with Crippen molar-refractivity contribution in [2.45, 2.75) is 0 Å². The highest BCUT2D eigenvalue weighted by Crippen LogP contribution is 2.40. The van der Waals surface area contributed by atoms with Gasteiger partial charge in [-0.2, -0.15) is 0 Å². The molecule has 1 atom stereocenters. The molecule has 14 heavy (non-hydrogen) atoms. The molecule has 0 fully saturated rings. The second-order valence-corrected chi connectivity index (χ2v) is 3.60. The Morgan fingerprint density at radius 3 is 3.21 bits per heavy atom. The van der Waals surface area contributed by atoms with E-state index in [9.17, 15) is 5.11 Å². The molecular weight excluding hydrogens is 176 g/mol. The fourth-order valence-electron chi connectivity index (χ4n) is 2.00. The van der Waals surface area contributed by atoms with Gasteiger partial charge in [0.1, 0.15) is 11.5 Å². The fraction of sp³-hybridized carbons (Fsp3) is 0.167. The maximum atomic E-state index is 9.41. The van der Waals surface area contributed by atoms with E-state index in [0.717, 1.165) is 11.3 Å². The van der Waals surface area contributed by atoms with Crippen molar-refractivity contribution in [2.75, 3.05) is 6.61 Å². The zero-order valence-electron chi connectivity index (χ0n) is 7.60. The van der Waals surface area contributed by atoms with Gasteiger partial charge in [0.25, 0.3) is 0 Å². The van der Waals surface area contributed by atoms with E-state index in [4.69, 9.17) is 4.74 Å². The quantitative estimate of drug-likeness (QED) is 0.674. The van der Waals surface area contributed by atoms with Crippen molar-refractivity contribution in [3.05, 3.63) is 42.0 Å². The number of rotatable bonds is 0. The molecule has 2 heteroatoms. The van der Waals surface area contributed by atoms with E-state index < -0.39 is 0 Å². The molecule has 70 valence electrons. The van der Waals surface area contributed by atoms with Gasteiger partial charge in [-0.05, 0) is 23.8 Å². The Labute approximate surface area is 82.1 Å². The number of benzene rings is 1. The molecule has 3 rings (SSSR count). The second kappa shape index (κ2) is 2.64. The Kier molecular flexibility index (Phi) is 1.45. The van der Waals surface area contributed by atoms with Gasteiger partial charge in [-0.25, -0.2) is 0 Å². The van der Waals surface area contributed by atoms with Crippen LogP contribution in [-0.2, 0) is 0 Å². The molecule has 1 aliphatic heterocycles. The van der Waals surface area contributed by atoms with Crippen molar-refractivity contribution in [2.24, 2.45) is 5.92 Å². The van der Waals surface area contributed by atoms with Gasteiger partial charge in [-0.15, -0.1) is 0 Å². The monoisotopic (exact) mass is 186 g/mol. The summed E-state index contributed by atoms with van der Waals surface area (Å²) in [5.74, 6) is 1.53. The smallest absolute Gasteiger partial charge is 0.127 e. The number of phenols is 1. The first-order valence-corrected chi connectivity index (χ1v) is 4.69. The van der Waals surface area contributed by atoms with Crippen molar-refractivity contribution in [1.82, 2.24) is 0 Å². The number of hydrogen-bond acceptors (Lipinski definition) is 2. The van der Waals surface area contributed by atoms with Crippen LogP contribution in [0.4, 0.5) is 0 Å². The second-order valence-electron chi connectivity index (χ2n) is 3.60. The van der Waals surface area contributed by atoms with Crippen LogP contribution in [0.25, 0.3) is 5.57 Å². The van der Waals surface area contributed by atoms with Crippen LogP contribution in [0.3, 0.4) is 0 Å². The van der Waals surface area contributed by atoms with E-state index in [1.165, 1.54) is 5.57 Å². The summed E-state index contributed by atoms with van der Waals surface area (Å²) in [4.78, 5) is 0. The van der Waals surface area contributed by atoms with Gasteiger partial charge < -0.3 is 9.84 Å². The van der Waals surface area contributed by atoms with E-state index in [0.29, 0.717) is 18.3 Å². The predicted octanol–water partition coefficient (Wildman–Crippen LogP) is 2.35. The van der Waals surface area contributed by atoms with Gasteiger partial charge in [-0.3, -0.25) is 0 Å². The lowest BCUT2D eigenvalue weighted by Gasteiger charge is -2.24. The highest BCUT2D eigenvalue weighted by molar-refractivity contribution is 5.78. The zero-order chi connectivity index (χ0) is 9.54. The average Bonchev–Trinajstić information content (AvgIpc) is 2.65. The highest BCUT2D eigenvalue weighted by Gasteiger charge is 2.25. The number of phenolic OH excluding ortho intramolecular Hbond substituents is 1. The summed E-state index contributed by atoms with van der Waals surface area (Å²) < 4.78 is 5.59. The van der Waals surface area contributed by atoms with Crippen LogP contribution in [0.2, 0.25) is 0 Å². The van der Waals surface area contributed by atoms with Gasteiger partial charge in [0.2, 0.25) is 0 Å². The zero-order valence-corrected chi connectivity index (χ0v) is 7.60. The molecule has 2 aliphatic rings. The minimum absolute atomic E-state index is 0.292. The largest absolute Gasteiger partial charge is 0.508 e. The number of hydrogen-bond donors (Lipinski definition) is 1. The molecule has 1 heterocycles. The number of allylic oxidation sites excluding steroid dienone is 2. The number of ether oxygens (including phenoxy) is 1. The Bertz CT molecular complexity index is 444. The average molecular weight is 186 g/mol. The summed E-state index contributed by atoms with van der Waals surface area (Å²) >= 11 is 0. The van der Waals surface area contributed by atoms with Gasteiger partial charge in [-0.1, -0.05) is 18.2 Å². The summed E-state index contributed by atoms with van der Waals surface area (Å²) in [5.41, 5.74) is 2.27. The molecule has 1 aromatic rings. The lowest BCUT2D eigenvalue weighted by atomic mass is 9.93. The third-order valence-corrected chi connectivity index (χ3v) is 2.71. The Hall–Kier alpha value is -1.70. The van der Waals surface area contributed by atoms with Gasteiger partial charge in [0.05, 0.1) is 6.61 Å². The molecule has 0 spiro atoms. The van der Waals surface area contributed by atoms with Gasteiger partial charge in [0.15, 0.2) is 0 Å². The first kappa shape index (κ1) is 7.68. The topological polar surface area (TPSA) is 29.5 Å². The van der Waals surface area contributed by atoms with Crippen molar-refractivity contribution in [3.63, 3.8) is 0 Å². The number of aromatic hydroxyl groups is 1. The summed E-state index contributed by atoms with van der Waals surface area (Å²) in [6.45, 7) is 0.708. The van der Waals surface area contributed by atoms with Crippen LogP contribution in [0.1, 0.15) is 5.56 Å². The molecule has 0 aromatic heterocycles. The van der Waals surface area contributed by atoms with Gasteiger partial charge >= 0.3 is 0 Å². The lowest BCUT2D eigenvalue weighted by Crippen LogP contribution is -2.16. The Morgan fingerprint density at radius 2 is 2.29 bits per heavy atom. The van der Waals surface area contributed by atoms with E-state index in [1.807, 2.05) is 12.1 Å². The Balaban J connectivity index is 2.18. The minimum Gasteiger partial charge on any atom is -0.508 e. The molecule has 1 N–H and O–H groups in total. The van der Waals surface area contributed by atoms with Crippen LogP contribution in [-0.4, -0.2) is 11.7 Å². The van der Waals surface area contributed by atoms with Crippen LogP contribution in [0, 0.1) is 5.92 Å². The number of fused-ring (bicyclic) bond motifs is 3. The molecule has 2 nitrogen and oxygen atoms in total. The van der Waals surface area contributed by atoms with Crippen molar-refractivity contribution < 1.29 is 9.84 Å². The van der Waals surface area contributed by atoms with Crippen LogP contribution < -0.4 is 4.74 Å². The van der Waals surface area contributed by atoms with Crippen molar-refractivity contribution in [3.8, 4) is 11.5 Å². The predicted molar refractivity (Wildman–Crippen MR) is 54.2 cm³/mol. The molecule has 1 aromatic carbocycles. The third-order valence-electron chi connectivity index (χ3n) is 2.71. The van der Waals surface area contributed by atoms with Crippen LogP contribution >= 0.6 is 0 Å². The summed E-state index contributed by atoms with van der Waals surface area (Å²) in [7, 11) is 0. The minimum atomic E-state index is 0.292. The highest BCUT2D eigenvalue weighted by atomic mass is 16.5. The summed E-state index contributed by atoms with van der Waals surface area (Å²) in [5, 5.41) is 9.41. The molecule has 0 saturated carbocycles. The fourth-order valence-corrected chi connectivity index (χ4v) is 2.00. The van der Waals surface area contributed by atoms with E-state index in [1.54, 1.807) is 12.1 Å². The SMILES string of the molecule is Oc1ccc2c(c1)C1=CC=CC1CO2. The first-order chi connectivity index (χ1) is 6.84. The van der Waals surface area contributed by atoms with Crippen LogP contribution in [0.15, 0.2) is 36.4 Å². The van der Waals surface area contributed by atoms with Crippen molar-refractivity contribution in [1.29, 1.82) is 0 Å². The molecule has 0 radical (unpaired) electrons. The summed E-state index contributed by atoms with van der Waals surface area (Å²) in [6.07, 6.45) is 6.26.